The summed E-state index contributed by atoms with van der Waals surface area (Å²) < 4.78 is 7.47. The van der Waals surface area contributed by atoms with Gasteiger partial charge in [0.1, 0.15) is 27.5 Å². The molecule has 9 heteroatoms. The number of amides is 1. The highest BCUT2D eigenvalue weighted by molar-refractivity contribution is 8.26. The standard InChI is InChI=1S/C28H32N4O3S2/c1-4-13-31-25(30-14-6-5-7-15-30)22(19(2)23(18-29)26(31)33)17-24-27(34)32(28(36)37-24)16-12-20-8-10-21(35-3)11-9-20/h8-11,17H,4-7,12-16H2,1-3H3/b24-17+. The van der Waals surface area contributed by atoms with Crippen molar-refractivity contribution in [2.45, 2.75) is 52.5 Å². The van der Waals surface area contributed by atoms with Crippen LogP contribution in [0.15, 0.2) is 34.0 Å². The first-order valence-electron chi connectivity index (χ1n) is 12.7. The van der Waals surface area contributed by atoms with Crippen molar-refractivity contribution in [1.29, 1.82) is 5.26 Å². The van der Waals surface area contributed by atoms with Crippen LogP contribution < -0.4 is 15.2 Å². The van der Waals surface area contributed by atoms with Gasteiger partial charge in [0.05, 0.1) is 12.0 Å². The lowest BCUT2D eigenvalue weighted by molar-refractivity contribution is -0.122. The number of aromatic nitrogens is 1. The van der Waals surface area contributed by atoms with Gasteiger partial charge < -0.3 is 9.64 Å². The Labute approximate surface area is 227 Å². The third-order valence-electron chi connectivity index (χ3n) is 6.88. The number of rotatable bonds is 8. The molecule has 2 aliphatic rings. The molecule has 0 aliphatic carbocycles. The average molecular weight is 537 g/mol. The summed E-state index contributed by atoms with van der Waals surface area (Å²) in [5.74, 6) is 1.46. The number of piperidine rings is 1. The van der Waals surface area contributed by atoms with E-state index < -0.39 is 0 Å². The largest absolute Gasteiger partial charge is 0.497 e. The molecule has 7 nitrogen and oxygen atoms in total. The Morgan fingerprint density at radius 2 is 1.84 bits per heavy atom. The number of nitrogens with zero attached hydrogens (tertiary/aromatic N) is 4. The van der Waals surface area contributed by atoms with Crippen LogP contribution in [-0.4, -0.2) is 46.4 Å². The summed E-state index contributed by atoms with van der Waals surface area (Å²) in [5.41, 5.74) is 2.35. The van der Waals surface area contributed by atoms with Crippen LogP contribution in [-0.2, 0) is 17.8 Å². The zero-order chi connectivity index (χ0) is 26.5. The normalized spacial score (nSPS) is 17.0. The van der Waals surface area contributed by atoms with E-state index in [1.807, 2.05) is 37.3 Å². The molecule has 0 saturated carbocycles. The quantitative estimate of drug-likeness (QED) is 0.351. The molecule has 0 atom stereocenters. The van der Waals surface area contributed by atoms with E-state index in [1.165, 1.54) is 11.8 Å². The lowest BCUT2D eigenvalue weighted by Gasteiger charge is -2.33. The Kier molecular flexibility index (Phi) is 8.72. The van der Waals surface area contributed by atoms with Crippen LogP contribution in [0.4, 0.5) is 5.82 Å². The highest BCUT2D eigenvalue weighted by Gasteiger charge is 2.33. The van der Waals surface area contributed by atoms with Gasteiger partial charge in [0.25, 0.3) is 11.5 Å². The van der Waals surface area contributed by atoms with Crippen LogP contribution in [0.2, 0.25) is 0 Å². The zero-order valence-corrected chi connectivity index (χ0v) is 23.2. The Balaban J connectivity index is 1.70. The van der Waals surface area contributed by atoms with Crippen LogP contribution in [0, 0.1) is 18.3 Å². The van der Waals surface area contributed by atoms with E-state index in [0.717, 1.165) is 61.5 Å². The van der Waals surface area contributed by atoms with Crippen molar-refractivity contribution in [3.8, 4) is 11.8 Å². The molecule has 1 amide bonds. The van der Waals surface area contributed by atoms with E-state index in [9.17, 15) is 14.9 Å². The van der Waals surface area contributed by atoms with Crippen LogP contribution in [0.25, 0.3) is 6.08 Å². The molecule has 2 saturated heterocycles. The van der Waals surface area contributed by atoms with Gasteiger partial charge in [0, 0.05) is 31.7 Å². The number of pyridine rings is 1. The number of nitriles is 1. The lowest BCUT2D eigenvalue weighted by atomic mass is 10.0. The van der Waals surface area contributed by atoms with Crippen molar-refractivity contribution in [2.24, 2.45) is 0 Å². The summed E-state index contributed by atoms with van der Waals surface area (Å²) in [7, 11) is 1.63. The Morgan fingerprint density at radius 3 is 2.46 bits per heavy atom. The predicted molar refractivity (Wildman–Crippen MR) is 153 cm³/mol. The molecule has 0 unspecified atom stereocenters. The van der Waals surface area contributed by atoms with Gasteiger partial charge in [0.2, 0.25) is 0 Å². The number of benzene rings is 1. The van der Waals surface area contributed by atoms with Gasteiger partial charge in [-0.2, -0.15) is 5.26 Å². The summed E-state index contributed by atoms with van der Waals surface area (Å²) in [4.78, 5) is 31.1. The number of carbonyl (C=O) groups is 1. The van der Waals surface area contributed by atoms with E-state index in [4.69, 9.17) is 17.0 Å². The molecule has 4 rings (SSSR count). The first-order valence-corrected chi connectivity index (χ1v) is 13.9. The highest BCUT2D eigenvalue weighted by atomic mass is 32.2. The summed E-state index contributed by atoms with van der Waals surface area (Å²) >= 11 is 6.86. The van der Waals surface area contributed by atoms with E-state index in [0.29, 0.717) is 34.3 Å². The molecule has 3 heterocycles. The van der Waals surface area contributed by atoms with Gasteiger partial charge in [-0.1, -0.05) is 43.0 Å². The van der Waals surface area contributed by atoms with Gasteiger partial charge in [-0.05, 0) is 68.4 Å². The summed E-state index contributed by atoms with van der Waals surface area (Å²) in [6.07, 6.45) is 6.53. The average Bonchev–Trinajstić information content (AvgIpc) is 3.18. The fraction of sp³-hybridized carbons (Fsp3) is 0.429. The minimum absolute atomic E-state index is 0.135. The van der Waals surface area contributed by atoms with Crippen molar-refractivity contribution in [3.63, 3.8) is 0 Å². The molecule has 2 aliphatic heterocycles. The summed E-state index contributed by atoms with van der Waals surface area (Å²) in [6.45, 7) is 6.51. The smallest absolute Gasteiger partial charge is 0.270 e. The van der Waals surface area contributed by atoms with Gasteiger partial charge in [0.15, 0.2) is 0 Å². The lowest BCUT2D eigenvalue weighted by Crippen LogP contribution is -2.37. The molecule has 37 heavy (non-hydrogen) atoms. The maximum Gasteiger partial charge on any atom is 0.270 e. The molecule has 194 valence electrons. The number of anilines is 1. The van der Waals surface area contributed by atoms with Gasteiger partial charge >= 0.3 is 0 Å². The molecule has 0 spiro atoms. The van der Waals surface area contributed by atoms with Crippen molar-refractivity contribution < 1.29 is 9.53 Å². The van der Waals surface area contributed by atoms with E-state index >= 15 is 0 Å². The fourth-order valence-electron chi connectivity index (χ4n) is 4.88. The first-order chi connectivity index (χ1) is 17.9. The summed E-state index contributed by atoms with van der Waals surface area (Å²) in [5, 5.41) is 9.82. The highest BCUT2D eigenvalue weighted by Crippen LogP contribution is 2.36. The van der Waals surface area contributed by atoms with Gasteiger partial charge in [-0.3, -0.25) is 19.1 Å². The van der Waals surface area contributed by atoms with Crippen LogP contribution in [0.3, 0.4) is 0 Å². The van der Waals surface area contributed by atoms with E-state index in [-0.39, 0.29) is 17.0 Å². The number of ether oxygens (including phenoxy) is 1. The van der Waals surface area contributed by atoms with E-state index in [1.54, 1.807) is 23.5 Å². The van der Waals surface area contributed by atoms with Crippen LogP contribution in [0.1, 0.15) is 54.9 Å². The molecule has 1 aromatic heterocycles. The monoisotopic (exact) mass is 536 g/mol. The number of thioether (sulfide) groups is 1. The Bertz CT molecular complexity index is 1320. The molecular formula is C28H32N4O3S2. The number of thiocarbonyl (C=S) groups is 1. The second-order valence-electron chi connectivity index (χ2n) is 9.29. The molecule has 0 bridgehead atoms. The number of hydrogen-bond acceptors (Lipinski definition) is 7. The minimum Gasteiger partial charge on any atom is -0.497 e. The molecule has 1 aromatic carbocycles. The van der Waals surface area contributed by atoms with Crippen molar-refractivity contribution >= 4 is 46.1 Å². The third kappa shape index (κ3) is 5.60. The fourth-order valence-corrected chi connectivity index (χ4v) is 6.17. The van der Waals surface area contributed by atoms with Crippen LogP contribution >= 0.6 is 24.0 Å². The maximum absolute atomic E-state index is 13.5. The molecule has 0 N–H and O–H groups in total. The van der Waals surface area contributed by atoms with Gasteiger partial charge in [-0.15, -0.1) is 0 Å². The number of hydrogen-bond donors (Lipinski definition) is 0. The maximum atomic E-state index is 13.5. The molecule has 2 fully saturated rings. The van der Waals surface area contributed by atoms with Crippen LogP contribution in [0.5, 0.6) is 5.75 Å². The SMILES string of the molecule is CCCn1c(N2CCCCC2)c(/C=C2/SC(=S)N(CCc3ccc(OC)cc3)C2=O)c(C)c(C#N)c1=O. The van der Waals surface area contributed by atoms with E-state index in [2.05, 4.69) is 11.0 Å². The Morgan fingerprint density at radius 1 is 1.14 bits per heavy atom. The second-order valence-corrected chi connectivity index (χ2v) is 11.0. The number of carbonyl (C=O) groups excluding carboxylic acids is 1. The van der Waals surface area contributed by atoms with Crippen molar-refractivity contribution in [3.05, 3.63) is 61.8 Å². The zero-order valence-electron chi connectivity index (χ0n) is 21.6. The Hall–Kier alpha value is -3.09. The third-order valence-corrected chi connectivity index (χ3v) is 8.26. The summed E-state index contributed by atoms with van der Waals surface area (Å²) in [6, 6.07) is 9.90. The topological polar surface area (TPSA) is 78.6 Å². The van der Waals surface area contributed by atoms with Crippen molar-refractivity contribution in [1.82, 2.24) is 9.47 Å². The molecular weight excluding hydrogens is 504 g/mol. The van der Waals surface area contributed by atoms with Gasteiger partial charge in [-0.25, -0.2) is 0 Å². The van der Waals surface area contributed by atoms with Crippen molar-refractivity contribution in [2.75, 3.05) is 31.6 Å². The first kappa shape index (κ1) is 27.0. The predicted octanol–water partition coefficient (Wildman–Crippen LogP) is 4.88. The molecule has 0 radical (unpaired) electrons. The second kappa shape index (κ2) is 12.0. The molecule has 2 aromatic rings. The number of methoxy groups -OCH3 is 1. The minimum atomic E-state index is -0.258.